The van der Waals surface area contributed by atoms with E-state index in [0.29, 0.717) is 5.56 Å². The number of rotatable bonds is 6. The number of carbonyl (C=O) groups is 3. The van der Waals surface area contributed by atoms with Crippen molar-refractivity contribution < 1.29 is 27.9 Å². The van der Waals surface area contributed by atoms with Gasteiger partial charge in [0.2, 0.25) is 0 Å². The van der Waals surface area contributed by atoms with E-state index in [1.807, 2.05) is 0 Å². The lowest BCUT2D eigenvalue weighted by Crippen LogP contribution is -2.22. The van der Waals surface area contributed by atoms with Crippen molar-refractivity contribution in [2.75, 3.05) is 17.2 Å². The molecule has 0 aliphatic carbocycles. The van der Waals surface area contributed by atoms with Crippen LogP contribution in [-0.2, 0) is 9.53 Å². The van der Waals surface area contributed by atoms with E-state index in [-0.39, 0.29) is 22.7 Å². The summed E-state index contributed by atoms with van der Waals surface area (Å²) in [7, 11) is 0. The summed E-state index contributed by atoms with van der Waals surface area (Å²) in [5.74, 6) is -2.37. The first-order chi connectivity index (χ1) is 13.9. The third-order valence-corrected chi connectivity index (χ3v) is 3.95. The fourth-order valence-electron chi connectivity index (χ4n) is 2.49. The Morgan fingerprint density at radius 2 is 1.79 bits per heavy atom. The first kappa shape index (κ1) is 19.8. The van der Waals surface area contributed by atoms with Gasteiger partial charge in [0.25, 0.3) is 11.8 Å². The molecular formula is C21H17FN2O5. The van der Waals surface area contributed by atoms with Crippen molar-refractivity contribution in [2.24, 2.45) is 0 Å². The van der Waals surface area contributed by atoms with Crippen LogP contribution in [0.1, 0.15) is 26.5 Å². The summed E-state index contributed by atoms with van der Waals surface area (Å²) in [6, 6.07) is 13.2. The molecule has 2 N–H and O–H groups in total. The lowest BCUT2D eigenvalue weighted by molar-refractivity contribution is -0.119. The molecule has 3 aromatic rings. The second-order valence-electron chi connectivity index (χ2n) is 6.06. The first-order valence-electron chi connectivity index (χ1n) is 8.61. The number of amides is 2. The molecule has 1 aromatic heterocycles. The molecule has 0 aliphatic heterocycles. The average Bonchev–Trinajstić information content (AvgIpc) is 3.24. The normalized spacial score (nSPS) is 10.3. The zero-order chi connectivity index (χ0) is 20.8. The minimum atomic E-state index is -0.800. The predicted octanol–water partition coefficient (Wildman–Crippen LogP) is 3.77. The van der Waals surface area contributed by atoms with E-state index in [1.54, 1.807) is 25.1 Å². The Morgan fingerprint density at radius 3 is 2.55 bits per heavy atom. The molecule has 0 bridgehead atoms. The number of aryl methyl sites for hydroxylation is 1. The smallest absolute Gasteiger partial charge is 0.340 e. The molecule has 8 heteroatoms. The number of halogens is 1. The third kappa shape index (κ3) is 5.07. The van der Waals surface area contributed by atoms with Crippen molar-refractivity contribution in [3.8, 4) is 0 Å². The number of esters is 1. The van der Waals surface area contributed by atoms with Gasteiger partial charge in [0, 0.05) is 5.69 Å². The number of ether oxygens (including phenoxy) is 1. The van der Waals surface area contributed by atoms with Gasteiger partial charge in [0.05, 0.1) is 17.5 Å². The Morgan fingerprint density at radius 1 is 1.00 bits per heavy atom. The maximum Gasteiger partial charge on any atom is 0.340 e. The van der Waals surface area contributed by atoms with Crippen molar-refractivity contribution in [3.05, 3.63) is 83.6 Å². The molecular weight excluding hydrogens is 379 g/mol. The lowest BCUT2D eigenvalue weighted by atomic mass is 10.1. The fraction of sp³-hybridized carbons (Fsp3) is 0.0952. The van der Waals surface area contributed by atoms with Crippen LogP contribution in [0.5, 0.6) is 0 Å². The van der Waals surface area contributed by atoms with E-state index >= 15 is 0 Å². The van der Waals surface area contributed by atoms with Gasteiger partial charge >= 0.3 is 5.97 Å². The average molecular weight is 396 g/mol. The van der Waals surface area contributed by atoms with Crippen molar-refractivity contribution in [1.29, 1.82) is 0 Å². The zero-order valence-corrected chi connectivity index (χ0v) is 15.4. The van der Waals surface area contributed by atoms with Gasteiger partial charge in [0.15, 0.2) is 12.4 Å². The summed E-state index contributed by atoms with van der Waals surface area (Å²) < 4.78 is 23.3. The number of para-hydroxylation sites is 1. The van der Waals surface area contributed by atoms with Crippen molar-refractivity contribution in [1.82, 2.24) is 0 Å². The number of anilines is 2. The highest BCUT2D eigenvalue weighted by Gasteiger charge is 2.17. The van der Waals surface area contributed by atoms with Crippen molar-refractivity contribution in [2.45, 2.75) is 6.92 Å². The molecule has 29 heavy (non-hydrogen) atoms. The molecule has 0 fully saturated rings. The van der Waals surface area contributed by atoms with Crippen LogP contribution < -0.4 is 10.6 Å². The molecule has 2 amide bonds. The van der Waals surface area contributed by atoms with Crippen LogP contribution in [0.2, 0.25) is 0 Å². The summed E-state index contributed by atoms with van der Waals surface area (Å²) in [6.07, 6.45) is 1.36. The monoisotopic (exact) mass is 396 g/mol. The van der Waals surface area contributed by atoms with Gasteiger partial charge in [-0.1, -0.05) is 18.2 Å². The van der Waals surface area contributed by atoms with Crippen LogP contribution in [0.15, 0.2) is 65.3 Å². The molecule has 0 unspecified atom stereocenters. The Bertz CT molecular complexity index is 1050. The van der Waals surface area contributed by atoms with Gasteiger partial charge in [-0.2, -0.15) is 0 Å². The van der Waals surface area contributed by atoms with Crippen molar-refractivity contribution >= 4 is 29.2 Å². The molecule has 0 saturated heterocycles. The van der Waals surface area contributed by atoms with Crippen LogP contribution >= 0.6 is 0 Å². The first-order valence-corrected chi connectivity index (χ1v) is 8.61. The third-order valence-electron chi connectivity index (χ3n) is 3.95. The summed E-state index contributed by atoms with van der Waals surface area (Å²) >= 11 is 0. The number of hydrogen-bond acceptors (Lipinski definition) is 5. The predicted molar refractivity (Wildman–Crippen MR) is 103 cm³/mol. The topological polar surface area (TPSA) is 97.6 Å². The number of hydrogen-bond donors (Lipinski definition) is 2. The van der Waals surface area contributed by atoms with Crippen LogP contribution in [0.25, 0.3) is 0 Å². The maximum atomic E-state index is 13.3. The van der Waals surface area contributed by atoms with E-state index in [0.717, 1.165) is 0 Å². The number of benzene rings is 2. The van der Waals surface area contributed by atoms with Crippen LogP contribution in [-0.4, -0.2) is 24.4 Å². The molecule has 0 atom stereocenters. The zero-order valence-electron chi connectivity index (χ0n) is 15.4. The summed E-state index contributed by atoms with van der Waals surface area (Å²) in [5.41, 5.74) is 1.23. The SMILES string of the molecule is Cc1ccc(F)cc1NC(=O)COC(=O)c1ccccc1NC(=O)c1ccco1. The largest absolute Gasteiger partial charge is 0.459 e. The van der Waals surface area contributed by atoms with Crippen molar-refractivity contribution in [3.63, 3.8) is 0 Å². The van der Waals surface area contributed by atoms with Crippen LogP contribution in [0, 0.1) is 12.7 Å². The molecule has 2 aromatic carbocycles. The van der Waals surface area contributed by atoms with E-state index in [9.17, 15) is 18.8 Å². The Hall–Kier alpha value is -3.94. The molecule has 0 saturated carbocycles. The molecule has 0 spiro atoms. The minimum absolute atomic E-state index is 0.0714. The van der Waals surface area contributed by atoms with Gasteiger partial charge in [-0.05, 0) is 48.9 Å². The number of furan rings is 1. The lowest BCUT2D eigenvalue weighted by Gasteiger charge is -2.11. The number of nitrogens with one attached hydrogen (secondary N) is 2. The Kier molecular flexibility index (Phi) is 6.03. The van der Waals surface area contributed by atoms with E-state index in [1.165, 1.54) is 42.7 Å². The van der Waals surface area contributed by atoms with Gasteiger partial charge in [-0.25, -0.2) is 9.18 Å². The molecule has 1 heterocycles. The summed E-state index contributed by atoms with van der Waals surface area (Å²) in [4.78, 5) is 36.5. The highest BCUT2D eigenvalue weighted by Crippen LogP contribution is 2.18. The highest BCUT2D eigenvalue weighted by atomic mass is 19.1. The van der Waals surface area contributed by atoms with E-state index < -0.39 is 30.2 Å². The molecule has 148 valence electrons. The number of carbonyl (C=O) groups excluding carboxylic acids is 3. The van der Waals surface area contributed by atoms with Gasteiger partial charge in [-0.3, -0.25) is 9.59 Å². The van der Waals surface area contributed by atoms with E-state index in [2.05, 4.69) is 10.6 Å². The van der Waals surface area contributed by atoms with Gasteiger partial charge < -0.3 is 19.8 Å². The highest BCUT2D eigenvalue weighted by molar-refractivity contribution is 6.07. The minimum Gasteiger partial charge on any atom is -0.459 e. The second kappa shape index (κ2) is 8.83. The molecule has 0 aliphatic rings. The fourth-order valence-corrected chi connectivity index (χ4v) is 2.49. The second-order valence-corrected chi connectivity index (χ2v) is 6.06. The Balaban J connectivity index is 1.63. The quantitative estimate of drug-likeness (QED) is 0.618. The summed E-state index contributed by atoms with van der Waals surface area (Å²) in [6.45, 7) is 1.13. The molecule has 0 radical (unpaired) electrons. The van der Waals surface area contributed by atoms with Crippen LogP contribution in [0.3, 0.4) is 0 Å². The molecule has 3 rings (SSSR count). The van der Waals surface area contributed by atoms with Gasteiger partial charge in [-0.15, -0.1) is 0 Å². The van der Waals surface area contributed by atoms with E-state index in [4.69, 9.17) is 9.15 Å². The summed E-state index contributed by atoms with van der Waals surface area (Å²) in [5, 5.41) is 5.04. The maximum absolute atomic E-state index is 13.3. The standard InChI is InChI=1S/C21H17FN2O5/c1-13-8-9-14(22)11-17(13)23-19(25)12-29-21(27)15-5-2-3-6-16(15)24-20(26)18-7-4-10-28-18/h2-11H,12H2,1H3,(H,23,25)(H,24,26). The van der Waals surface area contributed by atoms with Gasteiger partial charge in [0.1, 0.15) is 5.82 Å². The Labute approximate surface area is 165 Å². The van der Waals surface area contributed by atoms with Crippen LogP contribution in [0.4, 0.5) is 15.8 Å². The molecule has 7 nitrogen and oxygen atoms in total.